The van der Waals surface area contributed by atoms with Crippen LogP contribution in [-0.2, 0) is 10.0 Å². The predicted molar refractivity (Wildman–Crippen MR) is 97.0 cm³/mol. The van der Waals surface area contributed by atoms with E-state index in [2.05, 4.69) is 15.9 Å². The summed E-state index contributed by atoms with van der Waals surface area (Å²) in [5.74, 6) is 0.0206. The van der Waals surface area contributed by atoms with Gasteiger partial charge in [0.2, 0.25) is 10.0 Å². The molecule has 0 bridgehead atoms. The van der Waals surface area contributed by atoms with Gasteiger partial charge in [0.1, 0.15) is 0 Å². The summed E-state index contributed by atoms with van der Waals surface area (Å²) in [7, 11) is -3.56. The molecule has 0 radical (unpaired) electrons. The van der Waals surface area contributed by atoms with Crippen LogP contribution in [0.25, 0.3) is 0 Å². The predicted octanol–water partition coefficient (Wildman–Crippen LogP) is 2.81. The van der Waals surface area contributed by atoms with E-state index in [1.54, 1.807) is 30.0 Å². The first kappa shape index (κ1) is 18.2. The Morgan fingerprint density at radius 3 is 2.36 bits per heavy atom. The fourth-order valence-electron chi connectivity index (χ4n) is 2.84. The molecule has 3 rings (SSSR count). The molecule has 0 N–H and O–H groups in total. The lowest BCUT2D eigenvalue weighted by Gasteiger charge is -2.33. The summed E-state index contributed by atoms with van der Waals surface area (Å²) in [6.07, 6.45) is 0. The summed E-state index contributed by atoms with van der Waals surface area (Å²) in [6.45, 7) is 4.87. The van der Waals surface area contributed by atoms with Crippen LogP contribution in [0.4, 0.5) is 0 Å². The maximum Gasteiger partial charge on any atom is 0.289 e. The first-order chi connectivity index (χ1) is 11.8. The second kappa shape index (κ2) is 6.93. The molecule has 0 spiro atoms. The normalized spacial score (nSPS) is 16.2. The van der Waals surface area contributed by atoms with E-state index in [0.717, 1.165) is 11.1 Å². The minimum Gasteiger partial charge on any atom is -0.444 e. The van der Waals surface area contributed by atoms with Gasteiger partial charge in [-0.3, -0.25) is 4.79 Å². The van der Waals surface area contributed by atoms with Crippen LogP contribution in [-0.4, -0.2) is 49.7 Å². The minimum absolute atomic E-state index is 0.227. The van der Waals surface area contributed by atoms with Crippen molar-refractivity contribution in [2.75, 3.05) is 26.2 Å². The van der Waals surface area contributed by atoms with E-state index in [-0.39, 0.29) is 24.8 Å². The molecule has 6 nitrogen and oxygen atoms in total. The third-order valence-electron chi connectivity index (χ3n) is 4.27. The lowest BCUT2D eigenvalue weighted by molar-refractivity contribution is 0.0664. The lowest BCUT2D eigenvalue weighted by atomic mass is 10.2. The Balaban J connectivity index is 1.73. The summed E-state index contributed by atoms with van der Waals surface area (Å²) in [5.41, 5.74) is 1.63. The minimum atomic E-state index is -3.56. The molecule has 0 aliphatic carbocycles. The highest BCUT2D eigenvalue weighted by Gasteiger charge is 2.32. The molecule has 1 fully saturated rings. The highest BCUT2D eigenvalue weighted by Crippen LogP contribution is 2.23. The highest BCUT2D eigenvalue weighted by atomic mass is 79.9. The Labute approximate surface area is 155 Å². The van der Waals surface area contributed by atoms with Gasteiger partial charge in [0.15, 0.2) is 10.4 Å². The molecule has 2 heterocycles. The third-order valence-corrected chi connectivity index (χ3v) is 6.74. The van der Waals surface area contributed by atoms with Gasteiger partial charge in [0.25, 0.3) is 5.91 Å². The molecular formula is C17H19BrN2O4S. The van der Waals surface area contributed by atoms with E-state index in [0.29, 0.717) is 22.7 Å². The molecule has 1 aromatic carbocycles. The quantitative estimate of drug-likeness (QED) is 0.756. The number of sulfonamides is 1. The Morgan fingerprint density at radius 1 is 1.08 bits per heavy atom. The van der Waals surface area contributed by atoms with Crippen molar-refractivity contribution in [1.29, 1.82) is 0 Å². The SMILES string of the molecule is Cc1ccc(C)c(S(=O)(=O)N2CCN(C(=O)c3ccc(Br)o3)CC2)c1. The number of carbonyl (C=O) groups excluding carboxylic acids is 1. The smallest absolute Gasteiger partial charge is 0.289 e. The summed E-state index contributed by atoms with van der Waals surface area (Å²) >= 11 is 3.17. The van der Waals surface area contributed by atoms with Gasteiger partial charge in [-0.25, -0.2) is 8.42 Å². The fraction of sp³-hybridized carbons (Fsp3) is 0.353. The number of amides is 1. The summed E-state index contributed by atoms with van der Waals surface area (Å²) < 4.78 is 33.0. The molecular weight excluding hydrogens is 408 g/mol. The standard InChI is InChI=1S/C17H19BrN2O4S/c1-12-3-4-13(2)15(11-12)25(22,23)20-9-7-19(8-10-20)17(21)14-5-6-16(18)24-14/h3-6,11H,7-10H2,1-2H3. The average molecular weight is 427 g/mol. The first-order valence-corrected chi connectivity index (χ1v) is 10.1. The topological polar surface area (TPSA) is 70.8 Å². The van der Waals surface area contributed by atoms with Gasteiger partial charge in [-0.15, -0.1) is 0 Å². The van der Waals surface area contributed by atoms with Gasteiger partial charge in [0.05, 0.1) is 4.90 Å². The van der Waals surface area contributed by atoms with Crippen molar-refractivity contribution < 1.29 is 17.6 Å². The van der Waals surface area contributed by atoms with Crippen LogP contribution < -0.4 is 0 Å². The number of rotatable bonds is 3. The van der Waals surface area contributed by atoms with Crippen LogP contribution in [0.5, 0.6) is 0 Å². The van der Waals surface area contributed by atoms with E-state index in [1.165, 1.54) is 4.31 Å². The van der Waals surface area contributed by atoms with Crippen molar-refractivity contribution >= 4 is 31.9 Å². The van der Waals surface area contributed by atoms with Gasteiger partial charge in [-0.2, -0.15) is 4.31 Å². The van der Waals surface area contributed by atoms with E-state index in [9.17, 15) is 13.2 Å². The third kappa shape index (κ3) is 3.65. The zero-order valence-corrected chi connectivity index (χ0v) is 16.4. The van der Waals surface area contributed by atoms with Crippen LogP contribution in [0.1, 0.15) is 21.7 Å². The molecule has 0 atom stereocenters. The number of furan rings is 1. The van der Waals surface area contributed by atoms with Crippen LogP contribution in [0, 0.1) is 13.8 Å². The van der Waals surface area contributed by atoms with E-state index in [4.69, 9.17) is 4.42 Å². The van der Waals surface area contributed by atoms with Gasteiger partial charge in [-0.05, 0) is 59.1 Å². The van der Waals surface area contributed by atoms with Gasteiger partial charge < -0.3 is 9.32 Å². The first-order valence-electron chi connectivity index (χ1n) is 7.91. The van der Waals surface area contributed by atoms with E-state index < -0.39 is 10.0 Å². The maximum atomic E-state index is 12.9. The molecule has 1 aliphatic heterocycles. The molecule has 1 saturated heterocycles. The zero-order valence-electron chi connectivity index (χ0n) is 14.0. The number of halogens is 1. The van der Waals surface area contributed by atoms with E-state index in [1.807, 2.05) is 19.1 Å². The van der Waals surface area contributed by atoms with Crippen molar-refractivity contribution in [2.45, 2.75) is 18.7 Å². The largest absolute Gasteiger partial charge is 0.444 e. The van der Waals surface area contributed by atoms with Crippen molar-refractivity contribution in [2.24, 2.45) is 0 Å². The van der Waals surface area contributed by atoms with Crippen molar-refractivity contribution in [3.63, 3.8) is 0 Å². The number of piperazine rings is 1. The number of hydrogen-bond donors (Lipinski definition) is 0. The molecule has 1 aliphatic rings. The Hall–Kier alpha value is -1.64. The van der Waals surface area contributed by atoms with Gasteiger partial charge in [0, 0.05) is 26.2 Å². The number of carbonyl (C=O) groups is 1. The summed E-state index contributed by atoms with van der Waals surface area (Å²) in [6, 6.07) is 8.67. The summed E-state index contributed by atoms with van der Waals surface area (Å²) in [5, 5.41) is 0. The monoisotopic (exact) mass is 426 g/mol. The molecule has 2 aromatic rings. The molecule has 0 unspecified atom stereocenters. The van der Waals surface area contributed by atoms with Crippen LogP contribution in [0.2, 0.25) is 0 Å². The molecule has 0 saturated carbocycles. The molecule has 1 aromatic heterocycles. The molecule has 8 heteroatoms. The fourth-order valence-corrected chi connectivity index (χ4v) is 4.88. The van der Waals surface area contributed by atoms with Crippen molar-refractivity contribution in [3.05, 3.63) is 51.9 Å². The average Bonchev–Trinajstić information content (AvgIpc) is 3.03. The number of benzene rings is 1. The van der Waals surface area contributed by atoms with Gasteiger partial charge in [-0.1, -0.05) is 12.1 Å². The lowest BCUT2D eigenvalue weighted by Crippen LogP contribution is -2.50. The number of hydrogen-bond acceptors (Lipinski definition) is 4. The second-order valence-electron chi connectivity index (χ2n) is 6.07. The van der Waals surface area contributed by atoms with Crippen LogP contribution in [0.15, 0.2) is 44.3 Å². The highest BCUT2D eigenvalue weighted by molar-refractivity contribution is 9.10. The second-order valence-corrected chi connectivity index (χ2v) is 8.76. The molecule has 1 amide bonds. The maximum absolute atomic E-state index is 12.9. The number of aryl methyl sites for hydroxylation is 2. The Bertz CT molecular complexity index is 899. The number of nitrogens with zero attached hydrogens (tertiary/aromatic N) is 2. The van der Waals surface area contributed by atoms with Crippen molar-refractivity contribution in [3.8, 4) is 0 Å². The molecule has 134 valence electrons. The summed E-state index contributed by atoms with van der Waals surface area (Å²) in [4.78, 5) is 14.3. The Kier molecular flexibility index (Phi) is 5.04. The van der Waals surface area contributed by atoms with Crippen LogP contribution in [0.3, 0.4) is 0 Å². The van der Waals surface area contributed by atoms with Crippen molar-refractivity contribution in [1.82, 2.24) is 9.21 Å². The van der Waals surface area contributed by atoms with Crippen LogP contribution >= 0.6 is 15.9 Å². The Morgan fingerprint density at radius 2 is 1.76 bits per heavy atom. The molecule has 25 heavy (non-hydrogen) atoms. The zero-order chi connectivity index (χ0) is 18.2. The van der Waals surface area contributed by atoms with Gasteiger partial charge >= 0.3 is 0 Å². The van der Waals surface area contributed by atoms with E-state index >= 15 is 0 Å².